The first-order chi connectivity index (χ1) is 10.4. The summed E-state index contributed by atoms with van der Waals surface area (Å²) in [5.74, 6) is 0.745. The van der Waals surface area contributed by atoms with Crippen molar-refractivity contribution in [3.05, 3.63) is 29.8 Å². The second-order valence-electron chi connectivity index (χ2n) is 5.40. The Balaban J connectivity index is 1.60. The summed E-state index contributed by atoms with van der Waals surface area (Å²) in [5.41, 5.74) is 1.16. The average Bonchev–Trinajstić information content (AvgIpc) is 2.54. The van der Waals surface area contributed by atoms with Crippen molar-refractivity contribution in [3.8, 4) is 11.8 Å². The minimum absolute atomic E-state index is 0.0894. The zero-order chi connectivity index (χ0) is 14.8. The van der Waals surface area contributed by atoms with Crippen LogP contribution in [0.25, 0.3) is 0 Å². The Kier molecular flexibility index (Phi) is 7.06. The fraction of sp³-hybridized carbons (Fsp3) is 0.588. The van der Waals surface area contributed by atoms with Gasteiger partial charge in [-0.3, -0.25) is 0 Å². The summed E-state index contributed by atoms with van der Waals surface area (Å²) < 4.78 is 11.2. The van der Waals surface area contributed by atoms with Gasteiger partial charge in [0.05, 0.1) is 12.7 Å². The lowest BCUT2D eigenvalue weighted by Crippen LogP contribution is -2.24. The molecule has 1 aliphatic carbocycles. The Bertz CT molecular complexity index is 450. The molecule has 0 amide bonds. The number of hydrogen-bond acceptors (Lipinski definition) is 4. The third-order valence-electron chi connectivity index (χ3n) is 3.72. The molecular weight excluding hydrogens is 264 g/mol. The molecule has 1 aromatic carbocycles. The molecule has 1 aliphatic rings. The van der Waals surface area contributed by atoms with Gasteiger partial charge in [-0.05, 0) is 30.5 Å². The van der Waals surface area contributed by atoms with Gasteiger partial charge >= 0.3 is 0 Å². The van der Waals surface area contributed by atoms with Crippen LogP contribution in [0.5, 0.6) is 5.75 Å². The van der Waals surface area contributed by atoms with Gasteiger partial charge in [-0.25, -0.2) is 0 Å². The molecular formula is C17H24N2O2. The number of nitriles is 1. The van der Waals surface area contributed by atoms with Crippen LogP contribution >= 0.6 is 0 Å². The predicted molar refractivity (Wildman–Crippen MR) is 82.1 cm³/mol. The second-order valence-corrected chi connectivity index (χ2v) is 5.40. The van der Waals surface area contributed by atoms with Crippen molar-refractivity contribution in [1.29, 1.82) is 5.26 Å². The smallest absolute Gasteiger partial charge is 0.174 e. The Morgan fingerprint density at radius 1 is 1.24 bits per heavy atom. The summed E-state index contributed by atoms with van der Waals surface area (Å²) >= 11 is 0. The number of ether oxygens (including phenoxy) is 2. The number of benzene rings is 1. The lowest BCUT2D eigenvalue weighted by molar-refractivity contribution is 0.0302. The summed E-state index contributed by atoms with van der Waals surface area (Å²) in [5, 5.41) is 11.9. The summed E-state index contributed by atoms with van der Waals surface area (Å²) in [7, 11) is 0. The molecule has 1 saturated carbocycles. The van der Waals surface area contributed by atoms with Crippen LogP contribution in [-0.4, -0.2) is 25.9 Å². The first kappa shape index (κ1) is 15.8. The zero-order valence-electron chi connectivity index (χ0n) is 12.5. The van der Waals surface area contributed by atoms with Gasteiger partial charge in [-0.1, -0.05) is 31.4 Å². The summed E-state index contributed by atoms with van der Waals surface area (Å²) in [6, 6.07) is 9.80. The van der Waals surface area contributed by atoms with E-state index in [0.29, 0.717) is 6.10 Å². The monoisotopic (exact) mass is 288 g/mol. The molecule has 4 heteroatoms. The maximum absolute atomic E-state index is 8.50. The quantitative estimate of drug-likeness (QED) is 0.747. The van der Waals surface area contributed by atoms with E-state index in [2.05, 4.69) is 5.32 Å². The molecule has 1 N–H and O–H groups in total. The van der Waals surface area contributed by atoms with Crippen LogP contribution in [0.3, 0.4) is 0 Å². The van der Waals surface area contributed by atoms with Crippen LogP contribution in [0, 0.1) is 11.3 Å². The van der Waals surface area contributed by atoms with Gasteiger partial charge in [0, 0.05) is 13.1 Å². The lowest BCUT2D eigenvalue weighted by atomic mass is 9.98. The van der Waals surface area contributed by atoms with Crippen LogP contribution in [0.15, 0.2) is 24.3 Å². The van der Waals surface area contributed by atoms with Gasteiger partial charge in [0.1, 0.15) is 11.8 Å². The summed E-state index contributed by atoms with van der Waals surface area (Å²) in [6.45, 7) is 2.51. The molecule has 0 heterocycles. The van der Waals surface area contributed by atoms with Gasteiger partial charge in [0.25, 0.3) is 0 Å². The van der Waals surface area contributed by atoms with E-state index >= 15 is 0 Å². The molecule has 0 saturated heterocycles. The van der Waals surface area contributed by atoms with Crippen molar-refractivity contribution < 1.29 is 9.47 Å². The number of rotatable bonds is 8. The van der Waals surface area contributed by atoms with Crippen LogP contribution in [0.1, 0.15) is 37.7 Å². The van der Waals surface area contributed by atoms with Gasteiger partial charge in [-0.15, -0.1) is 0 Å². The Morgan fingerprint density at radius 3 is 2.90 bits per heavy atom. The third-order valence-corrected chi connectivity index (χ3v) is 3.72. The van der Waals surface area contributed by atoms with Crippen LogP contribution < -0.4 is 10.1 Å². The van der Waals surface area contributed by atoms with Crippen LogP contribution in [-0.2, 0) is 11.3 Å². The fourth-order valence-electron chi connectivity index (χ4n) is 2.62. The average molecular weight is 288 g/mol. The fourth-order valence-corrected chi connectivity index (χ4v) is 2.62. The highest BCUT2D eigenvalue weighted by molar-refractivity contribution is 5.28. The summed E-state index contributed by atoms with van der Waals surface area (Å²) in [6.07, 6.45) is 6.91. The Labute approximate surface area is 127 Å². The van der Waals surface area contributed by atoms with Gasteiger partial charge in [0.2, 0.25) is 0 Å². The number of hydrogen-bond donors (Lipinski definition) is 1. The van der Waals surface area contributed by atoms with E-state index < -0.39 is 0 Å². The van der Waals surface area contributed by atoms with E-state index in [1.807, 2.05) is 30.3 Å². The molecule has 1 fully saturated rings. The van der Waals surface area contributed by atoms with Gasteiger partial charge < -0.3 is 14.8 Å². The van der Waals surface area contributed by atoms with Gasteiger partial charge in [-0.2, -0.15) is 5.26 Å². The third kappa shape index (κ3) is 6.16. The van der Waals surface area contributed by atoms with E-state index in [9.17, 15) is 0 Å². The van der Waals surface area contributed by atoms with Gasteiger partial charge in [0.15, 0.2) is 6.61 Å². The molecule has 0 unspecified atom stereocenters. The highest BCUT2D eigenvalue weighted by Gasteiger charge is 2.12. The lowest BCUT2D eigenvalue weighted by Gasteiger charge is -2.22. The molecule has 21 heavy (non-hydrogen) atoms. The number of nitrogens with zero attached hydrogens (tertiary/aromatic N) is 1. The molecule has 0 spiro atoms. The first-order valence-electron chi connectivity index (χ1n) is 7.79. The van der Waals surface area contributed by atoms with Crippen molar-refractivity contribution >= 4 is 0 Å². The Morgan fingerprint density at radius 2 is 2.10 bits per heavy atom. The maximum atomic E-state index is 8.50. The zero-order valence-corrected chi connectivity index (χ0v) is 12.5. The van der Waals surface area contributed by atoms with E-state index in [-0.39, 0.29) is 6.61 Å². The molecule has 0 bridgehead atoms. The number of nitrogens with one attached hydrogen (secondary N) is 1. The van der Waals surface area contributed by atoms with E-state index in [1.165, 1.54) is 32.1 Å². The highest BCUT2D eigenvalue weighted by atomic mass is 16.5. The molecule has 0 aliphatic heterocycles. The minimum Gasteiger partial charge on any atom is -0.479 e. The van der Waals surface area contributed by atoms with Crippen molar-refractivity contribution in [2.24, 2.45) is 0 Å². The molecule has 0 atom stereocenters. The first-order valence-corrected chi connectivity index (χ1v) is 7.79. The van der Waals surface area contributed by atoms with E-state index in [1.54, 1.807) is 0 Å². The molecule has 2 rings (SSSR count). The van der Waals surface area contributed by atoms with E-state index in [4.69, 9.17) is 14.7 Å². The van der Waals surface area contributed by atoms with Crippen molar-refractivity contribution in [3.63, 3.8) is 0 Å². The Hall–Kier alpha value is -1.57. The maximum Gasteiger partial charge on any atom is 0.174 e. The van der Waals surface area contributed by atoms with Crippen molar-refractivity contribution in [1.82, 2.24) is 5.32 Å². The summed E-state index contributed by atoms with van der Waals surface area (Å²) in [4.78, 5) is 0. The predicted octanol–water partition coefficient (Wildman–Crippen LogP) is 3.03. The molecule has 1 aromatic rings. The molecule has 4 nitrogen and oxygen atoms in total. The van der Waals surface area contributed by atoms with Crippen LogP contribution in [0.4, 0.5) is 0 Å². The van der Waals surface area contributed by atoms with E-state index in [0.717, 1.165) is 31.0 Å². The normalized spacial score (nSPS) is 15.6. The highest BCUT2D eigenvalue weighted by Crippen LogP contribution is 2.19. The minimum atomic E-state index is 0.0894. The molecule has 0 radical (unpaired) electrons. The van der Waals surface area contributed by atoms with Crippen molar-refractivity contribution in [2.45, 2.75) is 44.8 Å². The topological polar surface area (TPSA) is 54.3 Å². The SMILES string of the molecule is N#CCOc1cccc(CNCCOC2CCCCC2)c1. The molecule has 0 aromatic heterocycles. The standard InChI is InChI=1S/C17H24N2O2/c18-9-11-20-17-8-4-5-15(13-17)14-19-10-12-21-16-6-2-1-3-7-16/h4-5,8,13,16,19H,1-3,6-7,10-12,14H2. The van der Waals surface area contributed by atoms with Crippen LogP contribution in [0.2, 0.25) is 0 Å². The molecule has 114 valence electrons. The second kappa shape index (κ2) is 9.38. The largest absolute Gasteiger partial charge is 0.479 e. The van der Waals surface area contributed by atoms with Crippen molar-refractivity contribution in [2.75, 3.05) is 19.8 Å².